The van der Waals surface area contributed by atoms with Crippen molar-refractivity contribution in [2.24, 2.45) is 0 Å². The maximum atomic E-state index is 12.6. The smallest absolute Gasteiger partial charge is 0.232 e. The Morgan fingerprint density at radius 2 is 1.94 bits per heavy atom. The number of pyridine rings is 1. The standard InChI is InChI=1S/C24H28N4O2S/c1-17-15-25-24(31-17)27-23(29)14-18-12-22(30-21-10-6-7-11-21)13-19(26-18)16-28(2)20-8-4-3-5-9-20/h3-5,8-9,12-13,15,21H,6-7,10-11,14,16H2,1-2H3,(H,25,27,29). The quantitative estimate of drug-likeness (QED) is 0.539. The van der Waals surface area contributed by atoms with Gasteiger partial charge in [-0.1, -0.05) is 18.2 Å². The van der Waals surface area contributed by atoms with Crippen molar-refractivity contribution < 1.29 is 9.53 Å². The molecule has 0 unspecified atom stereocenters. The molecule has 162 valence electrons. The van der Waals surface area contributed by atoms with Gasteiger partial charge in [0.1, 0.15) is 5.75 Å². The lowest BCUT2D eigenvalue weighted by Gasteiger charge is -2.20. The molecule has 0 saturated heterocycles. The van der Waals surface area contributed by atoms with Crippen LogP contribution in [0.3, 0.4) is 0 Å². The minimum atomic E-state index is -0.123. The number of benzene rings is 1. The summed E-state index contributed by atoms with van der Waals surface area (Å²) in [4.78, 5) is 24.7. The average Bonchev–Trinajstić information content (AvgIpc) is 3.40. The van der Waals surface area contributed by atoms with E-state index in [9.17, 15) is 4.79 Å². The molecule has 1 aromatic carbocycles. The molecule has 0 atom stereocenters. The van der Waals surface area contributed by atoms with Gasteiger partial charge in [-0.15, -0.1) is 11.3 Å². The Morgan fingerprint density at radius 3 is 2.65 bits per heavy atom. The van der Waals surface area contributed by atoms with E-state index >= 15 is 0 Å². The summed E-state index contributed by atoms with van der Waals surface area (Å²) in [5, 5.41) is 3.48. The molecule has 0 radical (unpaired) electrons. The summed E-state index contributed by atoms with van der Waals surface area (Å²) >= 11 is 1.47. The molecule has 0 spiro atoms. The summed E-state index contributed by atoms with van der Waals surface area (Å²) in [6, 6.07) is 14.1. The lowest BCUT2D eigenvalue weighted by molar-refractivity contribution is -0.115. The second-order valence-corrected chi connectivity index (χ2v) is 9.24. The predicted octanol–water partition coefficient (Wildman–Crippen LogP) is 4.99. The van der Waals surface area contributed by atoms with Crippen molar-refractivity contribution in [2.75, 3.05) is 17.3 Å². The number of amides is 1. The molecule has 4 rings (SSSR count). The Balaban J connectivity index is 1.51. The van der Waals surface area contributed by atoms with E-state index in [0.29, 0.717) is 17.4 Å². The van der Waals surface area contributed by atoms with Crippen molar-refractivity contribution in [2.45, 2.75) is 51.7 Å². The summed E-state index contributed by atoms with van der Waals surface area (Å²) in [5.74, 6) is 0.675. The van der Waals surface area contributed by atoms with E-state index in [-0.39, 0.29) is 18.4 Å². The van der Waals surface area contributed by atoms with Crippen LogP contribution < -0.4 is 15.0 Å². The van der Waals surface area contributed by atoms with Gasteiger partial charge in [-0.25, -0.2) is 4.98 Å². The van der Waals surface area contributed by atoms with Crippen LogP contribution in [0.25, 0.3) is 0 Å². The van der Waals surface area contributed by atoms with Crippen LogP contribution in [-0.2, 0) is 17.8 Å². The highest BCUT2D eigenvalue weighted by atomic mass is 32.1. The van der Waals surface area contributed by atoms with Gasteiger partial charge in [-0.05, 0) is 44.7 Å². The fraction of sp³-hybridized carbons (Fsp3) is 0.375. The lowest BCUT2D eigenvalue weighted by Crippen LogP contribution is -2.20. The Hall–Kier alpha value is -2.93. The van der Waals surface area contributed by atoms with Crippen LogP contribution in [-0.4, -0.2) is 29.0 Å². The van der Waals surface area contributed by atoms with Gasteiger partial charge in [0, 0.05) is 35.9 Å². The van der Waals surface area contributed by atoms with E-state index in [1.165, 1.54) is 24.2 Å². The molecule has 1 saturated carbocycles. The fourth-order valence-corrected chi connectivity index (χ4v) is 4.50. The zero-order chi connectivity index (χ0) is 21.6. The molecule has 6 nitrogen and oxygen atoms in total. The summed E-state index contributed by atoms with van der Waals surface area (Å²) < 4.78 is 6.25. The monoisotopic (exact) mass is 436 g/mol. The third-order valence-corrected chi connectivity index (χ3v) is 6.14. The van der Waals surface area contributed by atoms with Gasteiger partial charge in [-0.2, -0.15) is 0 Å². The van der Waals surface area contributed by atoms with Crippen molar-refractivity contribution in [3.05, 3.63) is 64.9 Å². The van der Waals surface area contributed by atoms with Gasteiger partial charge in [0.2, 0.25) is 5.91 Å². The number of aromatic nitrogens is 2. The number of aryl methyl sites for hydroxylation is 1. The van der Waals surface area contributed by atoms with Gasteiger partial charge in [0.15, 0.2) is 5.13 Å². The second kappa shape index (κ2) is 9.92. The van der Waals surface area contributed by atoms with Crippen molar-refractivity contribution in [1.29, 1.82) is 0 Å². The molecule has 0 bridgehead atoms. The number of rotatable bonds is 8. The number of nitrogens with one attached hydrogen (secondary N) is 1. The van der Waals surface area contributed by atoms with Gasteiger partial charge >= 0.3 is 0 Å². The largest absolute Gasteiger partial charge is 0.490 e. The van der Waals surface area contributed by atoms with E-state index in [1.807, 2.05) is 44.3 Å². The molecular weight excluding hydrogens is 408 g/mol. The Morgan fingerprint density at radius 1 is 1.19 bits per heavy atom. The molecule has 1 N–H and O–H groups in total. The SMILES string of the molecule is Cc1cnc(NC(=O)Cc2cc(OC3CCCC3)cc(CN(C)c3ccccc3)n2)s1. The minimum absolute atomic E-state index is 0.123. The topological polar surface area (TPSA) is 67.3 Å². The molecule has 1 amide bonds. The number of carbonyl (C=O) groups excluding carboxylic acids is 1. The van der Waals surface area contributed by atoms with E-state index in [1.54, 1.807) is 6.20 Å². The molecule has 2 heterocycles. The number of hydrogen-bond acceptors (Lipinski definition) is 6. The summed E-state index contributed by atoms with van der Waals surface area (Å²) in [6.07, 6.45) is 6.78. The second-order valence-electron chi connectivity index (χ2n) is 8.00. The van der Waals surface area contributed by atoms with Crippen LogP contribution >= 0.6 is 11.3 Å². The third kappa shape index (κ3) is 6.04. The third-order valence-electron chi connectivity index (χ3n) is 5.32. The molecule has 7 heteroatoms. The highest BCUT2D eigenvalue weighted by Gasteiger charge is 2.18. The van der Waals surface area contributed by atoms with Crippen LogP contribution in [0, 0.1) is 6.92 Å². The van der Waals surface area contributed by atoms with Gasteiger partial charge in [-0.3, -0.25) is 9.78 Å². The normalized spacial score (nSPS) is 13.9. The average molecular weight is 437 g/mol. The van der Waals surface area contributed by atoms with Crippen molar-refractivity contribution in [3.8, 4) is 5.75 Å². The molecule has 1 aliphatic rings. The fourth-order valence-electron chi connectivity index (χ4n) is 3.81. The van der Waals surface area contributed by atoms with Crippen LogP contribution in [0.15, 0.2) is 48.7 Å². The first-order chi connectivity index (χ1) is 15.0. The summed E-state index contributed by atoms with van der Waals surface area (Å²) in [5.41, 5.74) is 2.71. The molecule has 31 heavy (non-hydrogen) atoms. The number of ether oxygens (including phenoxy) is 1. The Bertz CT molecular complexity index is 1020. The number of carbonyl (C=O) groups is 1. The number of nitrogens with zero attached hydrogens (tertiary/aromatic N) is 3. The number of thiazole rings is 1. The maximum absolute atomic E-state index is 12.6. The molecule has 1 fully saturated rings. The first-order valence-electron chi connectivity index (χ1n) is 10.7. The van der Waals surface area contributed by atoms with Crippen LogP contribution in [0.1, 0.15) is 41.9 Å². The highest BCUT2D eigenvalue weighted by molar-refractivity contribution is 7.15. The van der Waals surface area contributed by atoms with Crippen LogP contribution in [0.5, 0.6) is 5.75 Å². The van der Waals surface area contributed by atoms with E-state index in [4.69, 9.17) is 9.72 Å². The van der Waals surface area contributed by atoms with Crippen LogP contribution in [0.4, 0.5) is 10.8 Å². The van der Waals surface area contributed by atoms with Crippen molar-refractivity contribution >= 4 is 28.1 Å². The first kappa shape index (κ1) is 21.3. The molecule has 3 aromatic rings. The molecule has 1 aliphatic carbocycles. The predicted molar refractivity (Wildman–Crippen MR) is 125 cm³/mol. The van der Waals surface area contributed by atoms with Gasteiger partial charge in [0.25, 0.3) is 0 Å². The van der Waals surface area contributed by atoms with E-state index in [0.717, 1.165) is 34.8 Å². The van der Waals surface area contributed by atoms with Crippen molar-refractivity contribution in [3.63, 3.8) is 0 Å². The summed E-state index contributed by atoms with van der Waals surface area (Å²) in [7, 11) is 2.04. The van der Waals surface area contributed by atoms with Gasteiger partial charge < -0.3 is 15.0 Å². The number of hydrogen-bond donors (Lipinski definition) is 1. The molecule has 0 aliphatic heterocycles. The van der Waals surface area contributed by atoms with E-state index < -0.39 is 0 Å². The van der Waals surface area contributed by atoms with Crippen molar-refractivity contribution in [1.82, 2.24) is 9.97 Å². The summed E-state index contributed by atoms with van der Waals surface area (Å²) in [6.45, 7) is 2.60. The first-order valence-corrected chi connectivity index (χ1v) is 11.5. The highest BCUT2D eigenvalue weighted by Crippen LogP contribution is 2.26. The number of para-hydroxylation sites is 1. The van der Waals surface area contributed by atoms with E-state index in [2.05, 4.69) is 27.3 Å². The van der Waals surface area contributed by atoms with Gasteiger partial charge in [0.05, 0.1) is 30.5 Å². The minimum Gasteiger partial charge on any atom is -0.490 e. The Kier molecular flexibility index (Phi) is 6.82. The molecule has 2 aromatic heterocycles. The zero-order valence-corrected chi connectivity index (χ0v) is 18.8. The van der Waals surface area contributed by atoms with Crippen LogP contribution in [0.2, 0.25) is 0 Å². The molecular formula is C24H28N4O2S. The Labute approximate surface area is 187 Å². The lowest BCUT2D eigenvalue weighted by atomic mass is 10.2. The zero-order valence-electron chi connectivity index (χ0n) is 18.0. The number of anilines is 2. The maximum Gasteiger partial charge on any atom is 0.232 e.